The van der Waals surface area contributed by atoms with E-state index in [1.807, 2.05) is 23.1 Å². The molecule has 2 aromatic rings. The van der Waals surface area contributed by atoms with Crippen LogP contribution in [0.4, 0.5) is 5.69 Å². The van der Waals surface area contributed by atoms with Crippen molar-refractivity contribution in [2.45, 2.75) is 6.54 Å². The van der Waals surface area contributed by atoms with Crippen molar-refractivity contribution in [2.75, 3.05) is 11.9 Å². The number of carbonyl (C=O) groups is 1. The topological polar surface area (TPSA) is 40.5 Å². The van der Waals surface area contributed by atoms with Crippen LogP contribution in [-0.4, -0.2) is 18.1 Å². The van der Waals surface area contributed by atoms with Crippen molar-refractivity contribution in [1.82, 2.24) is 0 Å². The molecule has 0 saturated heterocycles. The van der Waals surface area contributed by atoms with Gasteiger partial charge in [0, 0.05) is 23.6 Å². The predicted octanol–water partition coefficient (Wildman–Crippen LogP) is 4.33. The summed E-state index contributed by atoms with van der Waals surface area (Å²) in [6, 6.07) is 12.2. The van der Waals surface area contributed by atoms with Gasteiger partial charge in [-0.3, -0.25) is 0 Å². The first-order valence-corrected chi connectivity index (χ1v) is 6.72. The Morgan fingerprint density at radius 3 is 2.55 bits per heavy atom. The summed E-state index contributed by atoms with van der Waals surface area (Å²) in [4.78, 5) is 13.1. The van der Waals surface area contributed by atoms with Gasteiger partial charge >= 0.3 is 5.97 Å². The second-order valence-corrected chi connectivity index (χ2v) is 5.26. The van der Waals surface area contributed by atoms with E-state index in [0.717, 1.165) is 5.56 Å². The quantitative estimate of drug-likeness (QED) is 0.914. The van der Waals surface area contributed by atoms with Crippen LogP contribution in [0.25, 0.3) is 0 Å². The van der Waals surface area contributed by atoms with E-state index in [1.54, 1.807) is 25.2 Å². The third kappa shape index (κ3) is 3.24. The zero-order valence-corrected chi connectivity index (χ0v) is 12.3. The summed E-state index contributed by atoms with van der Waals surface area (Å²) >= 11 is 12.1. The highest BCUT2D eigenvalue weighted by Crippen LogP contribution is 2.26. The zero-order chi connectivity index (χ0) is 14.7. The highest BCUT2D eigenvalue weighted by atomic mass is 35.5. The van der Waals surface area contributed by atoms with Gasteiger partial charge in [-0.2, -0.15) is 0 Å². The van der Waals surface area contributed by atoms with Crippen LogP contribution in [0.1, 0.15) is 15.9 Å². The molecule has 5 heteroatoms. The molecule has 0 bridgehead atoms. The lowest BCUT2D eigenvalue weighted by Crippen LogP contribution is -2.19. The van der Waals surface area contributed by atoms with Crippen LogP contribution in [0.2, 0.25) is 10.0 Å². The number of aromatic carboxylic acids is 1. The van der Waals surface area contributed by atoms with Crippen molar-refractivity contribution < 1.29 is 9.90 Å². The van der Waals surface area contributed by atoms with Crippen LogP contribution in [0.5, 0.6) is 0 Å². The summed E-state index contributed by atoms with van der Waals surface area (Å²) in [7, 11) is 1.81. The van der Waals surface area contributed by atoms with Gasteiger partial charge in [-0.05, 0) is 29.8 Å². The molecule has 0 radical (unpaired) electrons. The summed E-state index contributed by atoms with van der Waals surface area (Å²) in [5, 5.41) is 10.4. The van der Waals surface area contributed by atoms with Crippen molar-refractivity contribution in [3.63, 3.8) is 0 Å². The SMILES string of the molecule is CN(Cc1ccccc1Cl)c1cc(Cl)ccc1C(=O)O. The normalized spacial score (nSPS) is 10.3. The summed E-state index contributed by atoms with van der Waals surface area (Å²) < 4.78 is 0. The molecular formula is C15H13Cl2NO2. The summed E-state index contributed by atoms with van der Waals surface area (Å²) in [5.74, 6) is -0.984. The molecule has 2 aromatic carbocycles. The summed E-state index contributed by atoms with van der Waals surface area (Å²) in [6.45, 7) is 0.500. The van der Waals surface area contributed by atoms with Crippen molar-refractivity contribution in [2.24, 2.45) is 0 Å². The van der Waals surface area contributed by atoms with Crippen LogP contribution in [-0.2, 0) is 6.54 Å². The van der Waals surface area contributed by atoms with Gasteiger partial charge in [0.25, 0.3) is 0 Å². The monoisotopic (exact) mass is 309 g/mol. The van der Waals surface area contributed by atoms with Gasteiger partial charge in [0.05, 0.1) is 11.3 Å². The van der Waals surface area contributed by atoms with Gasteiger partial charge in [0.2, 0.25) is 0 Å². The minimum absolute atomic E-state index is 0.212. The molecule has 0 heterocycles. The Bertz CT molecular complexity index is 644. The van der Waals surface area contributed by atoms with Gasteiger partial charge in [-0.25, -0.2) is 4.79 Å². The van der Waals surface area contributed by atoms with Crippen LogP contribution >= 0.6 is 23.2 Å². The van der Waals surface area contributed by atoms with Gasteiger partial charge in [-0.15, -0.1) is 0 Å². The number of hydrogen-bond acceptors (Lipinski definition) is 2. The lowest BCUT2D eigenvalue weighted by molar-refractivity contribution is 0.0697. The Balaban J connectivity index is 2.34. The largest absolute Gasteiger partial charge is 0.478 e. The lowest BCUT2D eigenvalue weighted by atomic mass is 10.1. The zero-order valence-electron chi connectivity index (χ0n) is 10.8. The molecule has 3 nitrogen and oxygen atoms in total. The lowest BCUT2D eigenvalue weighted by Gasteiger charge is -2.22. The summed E-state index contributed by atoms with van der Waals surface area (Å²) in [6.07, 6.45) is 0. The molecule has 20 heavy (non-hydrogen) atoms. The fraction of sp³-hybridized carbons (Fsp3) is 0.133. The predicted molar refractivity (Wildman–Crippen MR) is 82.0 cm³/mol. The number of rotatable bonds is 4. The van der Waals surface area contributed by atoms with E-state index < -0.39 is 5.97 Å². The van der Waals surface area contributed by atoms with Crippen LogP contribution < -0.4 is 4.90 Å². The average molecular weight is 310 g/mol. The molecule has 1 N–H and O–H groups in total. The van der Waals surface area contributed by atoms with Crippen LogP contribution in [0, 0.1) is 0 Å². The van der Waals surface area contributed by atoms with Crippen LogP contribution in [0.15, 0.2) is 42.5 Å². The minimum Gasteiger partial charge on any atom is -0.478 e. The molecule has 104 valence electrons. The fourth-order valence-corrected chi connectivity index (χ4v) is 2.33. The van der Waals surface area contributed by atoms with E-state index in [9.17, 15) is 9.90 Å². The smallest absolute Gasteiger partial charge is 0.337 e. The Morgan fingerprint density at radius 2 is 1.90 bits per heavy atom. The standard InChI is InChI=1S/C15H13Cl2NO2/c1-18(9-10-4-2-3-5-13(10)17)14-8-11(16)6-7-12(14)15(19)20/h2-8H,9H2,1H3,(H,19,20). The molecule has 0 fully saturated rings. The number of nitrogens with zero attached hydrogens (tertiary/aromatic N) is 1. The van der Waals surface area contributed by atoms with Crippen LogP contribution in [0.3, 0.4) is 0 Å². The van der Waals surface area contributed by atoms with Gasteiger partial charge < -0.3 is 10.0 Å². The molecule has 0 spiro atoms. The average Bonchev–Trinajstić information content (AvgIpc) is 2.40. The highest BCUT2D eigenvalue weighted by molar-refractivity contribution is 6.31. The summed E-state index contributed by atoms with van der Waals surface area (Å²) in [5.41, 5.74) is 1.70. The molecular weight excluding hydrogens is 297 g/mol. The second-order valence-electron chi connectivity index (χ2n) is 4.41. The second kappa shape index (κ2) is 6.16. The molecule has 0 saturated carbocycles. The van der Waals surface area contributed by atoms with Crippen molar-refractivity contribution in [1.29, 1.82) is 0 Å². The molecule has 0 aliphatic carbocycles. The first-order valence-electron chi connectivity index (χ1n) is 5.96. The number of benzene rings is 2. The van der Waals surface area contributed by atoms with E-state index in [1.165, 1.54) is 6.07 Å². The number of anilines is 1. The molecule has 2 rings (SSSR count). The number of hydrogen-bond donors (Lipinski definition) is 1. The fourth-order valence-electron chi connectivity index (χ4n) is 1.97. The van der Waals surface area contributed by atoms with Crippen molar-refractivity contribution in [3.05, 3.63) is 63.6 Å². The van der Waals surface area contributed by atoms with E-state index in [-0.39, 0.29) is 5.56 Å². The molecule has 0 unspecified atom stereocenters. The highest BCUT2D eigenvalue weighted by Gasteiger charge is 2.15. The third-order valence-electron chi connectivity index (χ3n) is 2.97. The van der Waals surface area contributed by atoms with E-state index in [2.05, 4.69) is 0 Å². The maximum absolute atomic E-state index is 11.3. The maximum Gasteiger partial charge on any atom is 0.337 e. The van der Waals surface area contributed by atoms with Crippen molar-refractivity contribution >= 4 is 34.9 Å². The molecule has 0 aliphatic rings. The molecule has 0 aliphatic heterocycles. The Labute approximate surface area is 127 Å². The van der Waals surface area contributed by atoms with Crippen molar-refractivity contribution in [3.8, 4) is 0 Å². The Hall–Kier alpha value is -1.71. The first-order chi connectivity index (χ1) is 9.49. The third-order valence-corrected chi connectivity index (χ3v) is 3.57. The molecule has 0 aromatic heterocycles. The first kappa shape index (κ1) is 14.7. The van der Waals surface area contributed by atoms with E-state index >= 15 is 0 Å². The number of carboxylic acid groups (broad SMARTS) is 1. The Morgan fingerprint density at radius 1 is 1.20 bits per heavy atom. The van der Waals surface area contributed by atoms with Gasteiger partial charge in [0.1, 0.15) is 0 Å². The number of carboxylic acids is 1. The van der Waals surface area contributed by atoms with E-state index in [0.29, 0.717) is 22.3 Å². The van der Waals surface area contributed by atoms with Gasteiger partial charge in [-0.1, -0.05) is 41.4 Å². The molecule has 0 atom stereocenters. The Kier molecular flexibility index (Phi) is 4.53. The molecule has 0 amide bonds. The minimum atomic E-state index is -0.984. The number of halogens is 2. The maximum atomic E-state index is 11.3. The van der Waals surface area contributed by atoms with E-state index in [4.69, 9.17) is 23.2 Å². The van der Waals surface area contributed by atoms with Gasteiger partial charge in [0.15, 0.2) is 0 Å².